The van der Waals surface area contributed by atoms with Gasteiger partial charge in [0.05, 0.1) is 6.04 Å². The number of thiophene rings is 1. The summed E-state index contributed by atoms with van der Waals surface area (Å²) < 4.78 is 0. The molecular weight excluding hydrogens is 270 g/mol. The summed E-state index contributed by atoms with van der Waals surface area (Å²) in [7, 11) is 4.09. The average molecular weight is 295 g/mol. The molecule has 1 heterocycles. The van der Waals surface area contributed by atoms with Crippen LogP contribution < -0.4 is 10.6 Å². The summed E-state index contributed by atoms with van der Waals surface area (Å²) in [4.78, 5) is 14.1. The van der Waals surface area contributed by atoms with Crippen LogP contribution in [0, 0.1) is 0 Å². The molecule has 0 saturated heterocycles. The summed E-state index contributed by atoms with van der Waals surface area (Å²) in [6, 6.07) is 2.69. The third kappa shape index (κ3) is 4.49. The molecule has 0 radical (unpaired) electrons. The lowest BCUT2D eigenvalue weighted by atomic mass is 9.96. The lowest BCUT2D eigenvalue weighted by molar-refractivity contribution is 0.225. The first-order valence-corrected chi connectivity index (χ1v) is 8.34. The summed E-state index contributed by atoms with van der Waals surface area (Å²) in [6.07, 6.45) is 6.02. The van der Waals surface area contributed by atoms with Crippen molar-refractivity contribution >= 4 is 17.4 Å². The van der Waals surface area contributed by atoms with Gasteiger partial charge in [0.1, 0.15) is 0 Å². The zero-order chi connectivity index (χ0) is 14.4. The second kappa shape index (κ2) is 7.64. The summed E-state index contributed by atoms with van der Waals surface area (Å²) >= 11 is 1.69. The minimum Gasteiger partial charge on any atom is -0.336 e. The molecule has 0 aliphatic heterocycles. The molecule has 1 unspecified atom stereocenters. The van der Waals surface area contributed by atoms with E-state index in [0.29, 0.717) is 12.6 Å². The standard InChI is InChI=1S/C15H25N3OS/c1-18(2)14(12-8-9-20-11-12)10-16-15(19)17-13-6-4-3-5-7-13/h8-9,11,13-14H,3-7,10H2,1-2H3,(H2,16,17,19). The van der Waals surface area contributed by atoms with Crippen LogP contribution in [0.4, 0.5) is 4.79 Å². The molecule has 1 saturated carbocycles. The molecule has 5 heteroatoms. The Morgan fingerprint density at radius 2 is 2.15 bits per heavy atom. The maximum Gasteiger partial charge on any atom is 0.315 e. The van der Waals surface area contributed by atoms with Crippen molar-refractivity contribution in [2.75, 3.05) is 20.6 Å². The highest BCUT2D eigenvalue weighted by molar-refractivity contribution is 7.07. The van der Waals surface area contributed by atoms with Crippen molar-refractivity contribution in [3.8, 4) is 0 Å². The molecule has 1 aromatic heterocycles. The maximum atomic E-state index is 12.0. The number of carbonyl (C=O) groups excluding carboxylic acids is 1. The Morgan fingerprint density at radius 3 is 2.75 bits per heavy atom. The Hall–Kier alpha value is -1.07. The molecule has 4 nitrogen and oxygen atoms in total. The molecule has 2 rings (SSSR count). The third-order valence-electron chi connectivity index (χ3n) is 3.95. The van der Waals surface area contributed by atoms with E-state index in [1.807, 2.05) is 14.1 Å². The van der Waals surface area contributed by atoms with Crippen LogP contribution in [0.5, 0.6) is 0 Å². The number of rotatable bonds is 5. The number of likely N-dealkylation sites (N-methyl/N-ethyl adjacent to an activating group) is 1. The van der Waals surface area contributed by atoms with Gasteiger partial charge in [-0.15, -0.1) is 0 Å². The van der Waals surface area contributed by atoms with Crippen molar-refractivity contribution in [2.45, 2.75) is 44.2 Å². The molecule has 20 heavy (non-hydrogen) atoms. The molecule has 2 amide bonds. The van der Waals surface area contributed by atoms with Crippen molar-refractivity contribution in [2.24, 2.45) is 0 Å². The number of hydrogen-bond acceptors (Lipinski definition) is 3. The molecular formula is C15H25N3OS. The van der Waals surface area contributed by atoms with Crippen molar-refractivity contribution in [1.82, 2.24) is 15.5 Å². The van der Waals surface area contributed by atoms with Gasteiger partial charge in [-0.1, -0.05) is 19.3 Å². The van der Waals surface area contributed by atoms with E-state index in [-0.39, 0.29) is 12.1 Å². The minimum absolute atomic E-state index is 0.0287. The predicted molar refractivity (Wildman–Crippen MR) is 84.2 cm³/mol. The van der Waals surface area contributed by atoms with Gasteiger partial charge in [0.15, 0.2) is 0 Å². The number of nitrogens with one attached hydrogen (secondary N) is 2. The van der Waals surface area contributed by atoms with Crippen molar-refractivity contribution in [3.63, 3.8) is 0 Å². The van der Waals surface area contributed by atoms with Crippen LogP contribution in [-0.4, -0.2) is 37.6 Å². The molecule has 0 spiro atoms. The largest absolute Gasteiger partial charge is 0.336 e. The lowest BCUT2D eigenvalue weighted by Gasteiger charge is -2.26. The van der Waals surface area contributed by atoms with Crippen molar-refractivity contribution in [1.29, 1.82) is 0 Å². The Kier molecular flexibility index (Phi) is 5.86. The fourth-order valence-electron chi connectivity index (χ4n) is 2.74. The summed E-state index contributed by atoms with van der Waals surface area (Å²) in [5.41, 5.74) is 1.26. The van der Waals surface area contributed by atoms with Gasteiger partial charge < -0.3 is 15.5 Å². The second-order valence-electron chi connectivity index (χ2n) is 5.73. The quantitative estimate of drug-likeness (QED) is 0.877. The molecule has 1 fully saturated rings. The van der Waals surface area contributed by atoms with Crippen LogP contribution in [0.15, 0.2) is 16.8 Å². The number of amides is 2. The SMILES string of the molecule is CN(C)C(CNC(=O)NC1CCCCC1)c1ccsc1. The summed E-state index contributed by atoms with van der Waals surface area (Å²) in [6.45, 7) is 0.641. The highest BCUT2D eigenvalue weighted by Crippen LogP contribution is 2.20. The van der Waals surface area contributed by atoms with Crippen LogP contribution in [0.25, 0.3) is 0 Å². The smallest absolute Gasteiger partial charge is 0.315 e. The van der Waals surface area contributed by atoms with E-state index in [1.165, 1.54) is 24.8 Å². The van der Waals surface area contributed by atoms with Gasteiger partial charge in [0.25, 0.3) is 0 Å². The first kappa shape index (κ1) is 15.3. The Bertz CT molecular complexity index is 399. The summed E-state index contributed by atoms with van der Waals surface area (Å²) in [5, 5.41) is 10.3. The first-order valence-electron chi connectivity index (χ1n) is 7.39. The molecule has 1 aromatic rings. The fraction of sp³-hybridized carbons (Fsp3) is 0.667. The molecule has 0 aromatic carbocycles. The third-order valence-corrected chi connectivity index (χ3v) is 4.65. The molecule has 0 bridgehead atoms. The fourth-order valence-corrected chi connectivity index (χ4v) is 3.44. The van der Waals surface area contributed by atoms with Crippen LogP contribution in [-0.2, 0) is 0 Å². The van der Waals surface area contributed by atoms with Gasteiger partial charge in [-0.3, -0.25) is 0 Å². The van der Waals surface area contributed by atoms with Crippen LogP contribution in [0.3, 0.4) is 0 Å². The van der Waals surface area contributed by atoms with Crippen molar-refractivity contribution in [3.05, 3.63) is 22.4 Å². The summed E-state index contributed by atoms with van der Waals surface area (Å²) in [5.74, 6) is 0. The van der Waals surface area contributed by atoms with E-state index >= 15 is 0 Å². The van der Waals surface area contributed by atoms with Crippen LogP contribution in [0.2, 0.25) is 0 Å². The molecule has 2 N–H and O–H groups in total. The first-order chi connectivity index (χ1) is 9.66. The van der Waals surface area contributed by atoms with Gasteiger partial charge in [-0.2, -0.15) is 11.3 Å². The predicted octanol–water partition coefficient (Wildman–Crippen LogP) is 2.98. The minimum atomic E-state index is -0.0287. The van der Waals surface area contributed by atoms with E-state index in [0.717, 1.165) is 12.8 Å². The van der Waals surface area contributed by atoms with Gasteiger partial charge in [-0.05, 0) is 49.3 Å². The molecule has 112 valence electrons. The zero-order valence-electron chi connectivity index (χ0n) is 12.4. The second-order valence-corrected chi connectivity index (χ2v) is 6.51. The Morgan fingerprint density at radius 1 is 1.40 bits per heavy atom. The van der Waals surface area contributed by atoms with Crippen LogP contribution in [0.1, 0.15) is 43.7 Å². The number of hydrogen-bond donors (Lipinski definition) is 2. The van der Waals surface area contributed by atoms with Gasteiger partial charge in [0, 0.05) is 12.6 Å². The molecule has 1 aliphatic rings. The average Bonchev–Trinajstić information content (AvgIpc) is 2.93. The highest BCUT2D eigenvalue weighted by Gasteiger charge is 2.18. The lowest BCUT2D eigenvalue weighted by Crippen LogP contribution is -2.45. The normalized spacial score (nSPS) is 17.9. The molecule has 1 aliphatic carbocycles. The van der Waals surface area contributed by atoms with Gasteiger partial charge in [0.2, 0.25) is 0 Å². The number of nitrogens with zero attached hydrogens (tertiary/aromatic N) is 1. The van der Waals surface area contributed by atoms with E-state index < -0.39 is 0 Å². The Labute approximate surface area is 125 Å². The van der Waals surface area contributed by atoms with Gasteiger partial charge in [-0.25, -0.2) is 4.79 Å². The highest BCUT2D eigenvalue weighted by atomic mass is 32.1. The van der Waals surface area contributed by atoms with E-state index in [1.54, 1.807) is 11.3 Å². The number of carbonyl (C=O) groups is 1. The van der Waals surface area contributed by atoms with E-state index in [2.05, 4.69) is 32.4 Å². The van der Waals surface area contributed by atoms with Gasteiger partial charge >= 0.3 is 6.03 Å². The number of urea groups is 1. The zero-order valence-corrected chi connectivity index (χ0v) is 13.2. The monoisotopic (exact) mass is 295 g/mol. The molecule has 1 atom stereocenters. The van der Waals surface area contributed by atoms with E-state index in [4.69, 9.17) is 0 Å². The Balaban J connectivity index is 1.78. The van der Waals surface area contributed by atoms with E-state index in [9.17, 15) is 4.79 Å². The van der Waals surface area contributed by atoms with Crippen molar-refractivity contribution < 1.29 is 4.79 Å². The van der Waals surface area contributed by atoms with Crippen LogP contribution >= 0.6 is 11.3 Å². The topological polar surface area (TPSA) is 44.4 Å². The maximum absolute atomic E-state index is 12.0.